The molecule has 0 unspecified atom stereocenters. The fraction of sp³-hybridized carbons (Fsp3) is 0. The standard InChI is InChI=1S/C10H5Br2Cl2N3O2S/c11-5-1-2-6(12)7(3-5)20(18,19)17-9-4-8(13)15-10(14)16-9/h1-4H,(H,15,16,17). The molecule has 0 bridgehead atoms. The van der Waals surface area contributed by atoms with Gasteiger partial charge in [0.15, 0.2) is 0 Å². The first kappa shape index (κ1) is 16.0. The van der Waals surface area contributed by atoms with Crippen LogP contribution in [0.25, 0.3) is 0 Å². The quantitative estimate of drug-likeness (QED) is 0.551. The van der Waals surface area contributed by atoms with E-state index in [4.69, 9.17) is 23.2 Å². The summed E-state index contributed by atoms with van der Waals surface area (Å²) in [5, 5.41) is -0.112. The molecule has 0 atom stereocenters. The van der Waals surface area contributed by atoms with Crippen molar-refractivity contribution >= 4 is 70.9 Å². The van der Waals surface area contributed by atoms with Crippen molar-refractivity contribution in [1.29, 1.82) is 0 Å². The first-order chi connectivity index (χ1) is 9.28. The van der Waals surface area contributed by atoms with Crippen molar-refractivity contribution in [3.63, 3.8) is 0 Å². The lowest BCUT2D eigenvalue weighted by Crippen LogP contribution is -2.14. The molecule has 0 fully saturated rings. The van der Waals surface area contributed by atoms with Crippen molar-refractivity contribution in [2.75, 3.05) is 4.72 Å². The molecular formula is C10H5Br2Cl2N3O2S. The summed E-state index contributed by atoms with van der Waals surface area (Å²) < 4.78 is 27.9. The lowest BCUT2D eigenvalue weighted by molar-refractivity contribution is 0.600. The summed E-state index contributed by atoms with van der Waals surface area (Å²) in [7, 11) is -3.83. The molecule has 0 spiro atoms. The maximum absolute atomic E-state index is 12.3. The van der Waals surface area contributed by atoms with E-state index in [0.29, 0.717) is 8.95 Å². The molecule has 1 N–H and O–H groups in total. The monoisotopic (exact) mass is 459 g/mol. The van der Waals surface area contributed by atoms with Crippen LogP contribution in [-0.2, 0) is 10.0 Å². The predicted octanol–water partition coefficient (Wildman–Crippen LogP) is 4.11. The molecule has 0 aliphatic carbocycles. The third-order valence-electron chi connectivity index (χ3n) is 2.09. The van der Waals surface area contributed by atoms with E-state index < -0.39 is 10.0 Å². The van der Waals surface area contributed by atoms with E-state index in [1.54, 1.807) is 12.1 Å². The Balaban J connectivity index is 2.43. The summed E-state index contributed by atoms with van der Waals surface area (Å²) in [4.78, 5) is 7.44. The highest BCUT2D eigenvalue weighted by Crippen LogP contribution is 2.27. The Bertz CT molecular complexity index is 751. The average molecular weight is 462 g/mol. The SMILES string of the molecule is O=S(=O)(Nc1cc(Cl)nc(Cl)n1)c1cc(Br)ccc1Br. The Morgan fingerprint density at radius 2 is 1.80 bits per heavy atom. The number of anilines is 1. The predicted molar refractivity (Wildman–Crippen MR) is 84.7 cm³/mol. The minimum absolute atomic E-state index is 0.0122. The average Bonchev–Trinajstić information content (AvgIpc) is 2.30. The Hall–Kier alpha value is -0.410. The highest BCUT2D eigenvalue weighted by atomic mass is 79.9. The summed E-state index contributed by atoms with van der Waals surface area (Å²) in [5.74, 6) is -0.0122. The molecule has 0 aliphatic rings. The van der Waals surface area contributed by atoms with Gasteiger partial charge in [0.25, 0.3) is 10.0 Å². The molecule has 1 heterocycles. The number of hydrogen-bond acceptors (Lipinski definition) is 4. The van der Waals surface area contributed by atoms with Crippen LogP contribution in [0.1, 0.15) is 0 Å². The fourth-order valence-corrected chi connectivity index (χ4v) is 4.22. The normalized spacial score (nSPS) is 11.4. The van der Waals surface area contributed by atoms with Gasteiger partial charge >= 0.3 is 0 Å². The number of benzene rings is 1. The van der Waals surface area contributed by atoms with Crippen LogP contribution in [0.2, 0.25) is 10.4 Å². The molecule has 0 saturated heterocycles. The summed E-state index contributed by atoms with van der Waals surface area (Å²) in [6.07, 6.45) is 0. The van der Waals surface area contributed by atoms with Gasteiger partial charge in [-0.3, -0.25) is 4.72 Å². The molecular weight excluding hydrogens is 457 g/mol. The topological polar surface area (TPSA) is 72.0 Å². The van der Waals surface area contributed by atoms with Crippen LogP contribution in [0.4, 0.5) is 5.82 Å². The van der Waals surface area contributed by atoms with E-state index in [1.807, 2.05) is 0 Å². The van der Waals surface area contributed by atoms with Gasteiger partial charge in [-0.25, -0.2) is 13.4 Å². The van der Waals surface area contributed by atoms with Gasteiger partial charge in [-0.15, -0.1) is 0 Å². The van der Waals surface area contributed by atoms with Gasteiger partial charge in [-0.2, -0.15) is 4.98 Å². The van der Waals surface area contributed by atoms with Crippen molar-refractivity contribution in [2.45, 2.75) is 4.90 Å². The maximum Gasteiger partial charge on any atom is 0.264 e. The molecule has 2 rings (SSSR count). The summed E-state index contributed by atoms with van der Waals surface area (Å²) >= 11 is 17.7. The molecule has 1 aromatic heterocycles. The second-order valence-electron chi connectivity index (χ2n) is 3.53. The zero-order chi connectivity index (χ0) is 14.9. The van der Waals surface area contributed by atoms with Gasteiger partial charge in [0.1, 0.15) is 15.9 Å². The summed E-state index contributed by atoms with van der Waals surface area (Å²) in [6.45, 7) is 0. The van der Waals surface area contributed by atoms with E-state index in [9.17, 15) is 8.42 Å². The molecule has 10 heteroatoms. The van der Waals surface area contributed by atoms with Crippen LogP contribution >= 0.6 is 55.1 Å². The maximum atomic E-state index is 12.3. The second kappa shape index (κ2) is 6.15. The van der Waals surface area contributed by atoms with Crippen LogP contribution in [0.5, 0.6) is 0 Å². The van der Waals surface area contributed by atoms with Gasteiger partial charge in [0.05, 0.1) is 0 Å². The minimum atomic E-state index is -3.83. The van der Waals surface area contributed by atoms with Crippen molar-refractivity contribution in [3.8, 4) is 0 Å². The molecule has 5 nitrogen and oxygen atoms in total. The summed E-state index contributed by atoms with van der Waals surface area (Å²) in [6, 6.07) is 6.04. The van der Waals surface area contributed by atoms with E-state index in [2.05, 4.69) is 46.5 Å². The third-order valence-corrected chi connectivity index (χ3v) is 5.29. The number of nitrogens with one attached hydrogen (secondary N) is 1. The fourth-order valence-electron chi connectivity index (χ4n) is 1.32. The molecule has 0 saturated carbocycles. The third kappa shape index (κ3) is 3.82. The largest absolute Gasteiger partial charge is 0.264 e. The van der Waals surface area contributed by atoms with Gasteiger partial charge in [0.2, 0.25) is 5.28 Å². The Morgan fingerprint density at radius 3 is 2.45 bits per heavy atom. The number of nitrogens with zero attached hydrogens (tertiary/aromatic N) is 2. The van der Waals surface area contributed by atoms with Crippen LogP contribution in [0.15, 0.2) is 38.1 Å². The first-order valence-electron chi connectivity index (χ1n) is 4.96. The number of sulfonamides is 1. The van der Waals surface area contributed by atoms with Crippen molar-refractivity contribution in [2.24, 2.45) is 0 Å². The van der Waals surface area contributed by atoms with Crippen LogP contribution in [-0.4, -0.2) is 18.4 Å². The minimum Gasteiger partial charge on any atom is -0.263 e. The second-order valence-corrected chi connectivity index (χ2v) is 7.67. The molecule has 20 heavy (non-hydrogen) atoms. The lowest BCUT2D eigenvalue weighted by Gasteiger charge is -2.09. The Labute approximate surface area is 142 Å². The molecule has 0 amide bonds. The summed E-state index contributed by atoms with van der Waals surface area (Å²) in [5.41, 5.74) is 0. The lowest BCUT2D eigenvalue weighted by atomic mass is 10.4. The van der Waals surface area contributed by atoms with Crippen LogP contribution < -0.4 is 4.72 Å². The molecule has 106 valence electrons. The zero-order valence-corrected chi connectivity index (χ0v) is 14.9. The van der Waals surface area contributed by atoms with E-state index in [1.165, 1.54) is 12.1 Å². The molecule has 0 radical (unpaired) electrons. The Morgan fingerprint density at radius 1 is 1.10 bits per heavy atom. The van der Waals surface area contributed by atoms with Gasteiger partial charge in [-0.05, 0) is 45.7 Å². The van der Waals surface area contributed by atoms with Gasteiger partial charge in [0, 0.05) is 15.0 Å². The number of rotatable bonds is 3. The van der Waals surface area contributed by atoms with Gasteiger partial charge in [-0.1, -0.05) is 27.5 Å². The molecule has 1 aromatic carbocycles. The van der Waals surface area contributed by atoms with Crippen LogP contribution in [0, 0.1) is 0 Å². The first-order valence-corrected chi connectivity index (χ1v) is 8.78. The van der Waals surface area contributed by atoms with E-state index >= 15 is 0 Å². The highest BCUT2D eigenvalue weighted by Gasteiger charge is 2.19. The van der Waals surface area contributed by atoms with Crippen LogP contribution in [0.3, 0.4) is 0 Å². The molecule has 2 aromatic rings. The van der Waals surface area contributed by atoms with Crippen molar-refractivity contribution in [3.05, 3.63) is 43.6 Å². The van der Waals surface area contributed by atoms with Gasteiger partial charge < -0.3 is 0 Å². The Kier molecular flexibility index (Phi) is 4.91. The zero-order valence-electron chi connectivity index (χ0n) is 9.44. The number of aromatic nitrogens is 2. The smallest absolute Gasteiger partial charge is 0.263 e. The van der Waals surface area contributed by atoms with Crippen molar-refractivity contribution < 1.29 is 8.42 Å². The molecule has 0 aliphatic heterocycles. The number of halogens is 4. The van der Waals surface area contributed by atoms with Crippen molar-refractivity contribution in [1.82, 2.24) is 9.97 Å². The van der Waals surface area contributed by atoms with E-state index in [-0.39, 0.29) is 21.2 Å². The van der Waals surface area contributed by atoms with E-state index in [0.717, 1.165) is 0 Å². The number of hydrogen-bond donors (Lipinski definition) is 1. The highest BCUT2D eigenvalue weighted by molar-refractivity contribution is 9.11.